The molecular formula is C14H15ClN4O4S. The molecule has 10 heteroatoms. The van der Waals surface area contributed by atoms with Crippen LogP contribution in [-0.4, -0.2) is 34.1 Å². The summed E-state index contributed by atoms with van der Waals surface area (Å²) in [6, 6.07) is 0. The quantitative estimate of drug-likeness (QED) is 0.696. The molecule has 4 N–H and O–H groups in total. The molecule has 0 atom stereocenters. The van der Waals surface area contributed by atoms with Crippen LogP contribution in [0.15, 0.2) is 6.20 Å². The second-order valence-electron chi connectivity index (χ2n) is 5.13. The number of primary amides is 1. The van der Waals surface area contributed by atoms with Crippen LogP contribution in [0.2, 0.25) is 5.02 Å². The molecule has 2 aromatic heterocycles. The summed E-state index contributed by atoms with van der Waals surface area (Å²) < 4.78 is 5.16. The van der Waals surface area contributed by atoms with Crippen molar-refractivity contribution < 1.29 is 19.1 Å². The number of ether oxygens (including phenoxy) is 1. The van der Waals surface area contributed by atoms with Gasteiger partial charge in [0.25, 0.3) is 11.8 Å². The minimum Gasteiger partial charge on any atom is -0.459 e. The zero-order valence-electron chi connectivity index (χ0n) is 13.1. The van der Waals surface area contributed by atoms with Gasteiger partial charge in [-0.1, -0.05) is 11.6 Å². The summed E-state index contributed by atoms with van der Waals surface area (Å²) >= 11 is 6.74. The van der Waals surface area contributed by atoms with Gasteiger partial charge in [-0.3, -0.25) is 14.7 Å². The molecule has 2 heterocycles. The number of nitrogens with one attached hydrogen (secondary N) is 2. The zero-order chi connectivity index (χ0) is 18.0. The van der Waals surface area contributed by atoms with Crippen molar-refractivity contribution in [2.75, 3.05) is 5.32 Å². The van der Waals surface area contributed by atoms with Gasteiger partial charge in [-0.05, 0) is 26.3 Å². The van der Waals surface area contributed by atoms with Crippen LogP contribution in [0.3, 0.4) is 0 Å². The fourth-order valence-corrected chi connectivity index (χ4v) is 3.17. The summed E-state index contributed by atoms with van der Waals surface area (Å²) in [7, 11) is 0. The molecule has 2 amide bonds. The number of aromatic amines is 1. The number of aromatic nitrogens is 2. The molecule has 8 nitrogen and oxygen atoms in total. The van der Waals surface area contributed by atoms with E-state index in [-0.39, 0.29) is 32.3 Å². The van der Waals surface area contributed by atoms with Crippen LogP contribution < -0.4 is 11.1 Å². The summed E-state index contributed by atoms with van der Waals surface area (Å²) in [4.78, 5) is 36.3. The Morgan fingerprint density at radius 3 is 2.58 bits per heavy atom. The molecule has 0 bridgehead atoms. The highest BCUT2D eigenvalue weighted by atomic mass is 35.5. The van der Waals surface area contributed by atoms with E-state index in [0.29, 0.717) is 5.56 Å². The summed E-state index contributed by atoms with van der Waals surface area (Å²) in [6.07, 6.45) is 0.915. The average molecular weight is 371 g/mol. The van der Waals surface area contributed by atoms with Crippen LogP contribution in [0.5, 0.6) is 0 Å². The van der Waals surface area contributed by atoms with E-state index in [1.54, 1.807) is 20.8 Å². The molecule has 0 aliphatic rings. The van der Waals surface area contributed by atoms with Crippen molar-refractivity contribution in [2.24, 2.45) is 5.73 Å². The molecule has 0 aliphatic heterocycles. The van der Waals surface area contributed by atoms with Crippen LogP contribution in [0, 0.1) is 6.92 Å². The van der Waals surface area contributed by atoms with Crippen LogP contribution in [0.25, 0.3) is 0 Å². The van der Waals surface area contributed by atoms with Gasteiger partial charge in [0.05, 0.1) is 27.8 Å². The van der Waals surface area contributed by atoms with E-state index >= 15 is 0 Å². The number of carbonyl (C=O) groups excluding carboxylic acids is 3. The Morgan fingerprint density at radius 2 is 2.08 bits per heavy atom. The Labute approximate surface area is 146 Å². The number of esters is 1. The van der Waals surface area contributed by atoms with Gasteiger partial charge in [0.15, 0.2) is 0 Å². The molecule has 0 aliphatic carbocycles. The summed E-state index contributed by atoms with van der Waals surface area (Å²) in [5, 5.41) is 8.93. The number of halogens is 1. The van der Waals surface area contributed by atoms with Crippen LogP contribution >= 0.6 is 22.9 Å². The van der Waals surface area contributed by atoms with Crippen molar-refractivity contribution >= 4 is 45.7 Å². The SMILES string of the molecule is Cc1c(C(N)=O)sc(NC(=O)c2[nH]ncc2Cl)c1C(=O)OC(C)C. The Kier molecular flexibility index (Phi) is 5.25. The molecule has 2 aromatic rings. The van der Waals surface area contributed by atoms with Crippen molar-refractivity contribution in [3.05, 3.63) is 32.9 Å². The number of thiophene rings is 1. The maximum absolute atomic E-state index is 12.3. The molecule has 0 unspecified atom stereocenters. The highest BCUT2D eigenvalue weighted by molar-refractivity contribution is 7.18. The average Bonchev–Trinajstić information content (AvgIpc) is 3.01. The summed E-state index contributed by atoms with van der Waals surface area (Å²) in [5.41, 5.74) is 5.79. The van der Waals surface area contributed by atoms with Gasteiger partial charge in [0.2, 0.25) is 0 Å². The fraction of sp³-hybridized carbons (Fsp3) is 0.286. The molecule has 2 rings (SSSR count). The van der Waals surface area contributed by atoms with E-state index in [2.05, 4.69) is 15.5 Å². The lowest BCUT2D eigenvalue weighted by atomic mass is 10.1. The third-order valence-electron chi connectivity index (χ3n) is 2.96. The molecule has 0 spiro atoms. The molecular weight excluding hydrogens is 356 g/mol. The molecule has 24 heavy (non-hydrogen) atoms. The number of anilines is 1. The number of rotatable bonds is 5. The highest BCUT2D eigenvalue weighted by Gasteiger charge is 2.27. The Morgan fingerprint density at radius 1 is 1.42 bits per heavy atom. The van der Waals surface area contributed by atoms with Gasteiger partial charge in [0, 0.05) is 0 Å². The van der Waals surface area contributed by atoms with Crippen molar-refractivity contribution in [1.29, 1.82) is 0 Å². The first-order chi connectivity index (χ1) is 11.2. The fourth-order valence-electron chi connectivity index (χ4n) is 1.95. The predicted molar refractivity (Wildman–Crippen MR) is 89.7 cm³/mol. The number of H-pyrrole nitrogens is 1. The van der Waals surface area contributed by atoms with Crippen molar-refractivity contribution in [2.45, 2.75) is 26.9 Å². The third-order valence-corrected chi connectivity index (χ3v) is 4.47. The second kappa shape index (κ2) is 7.02. The molecule has 0 radical (unpaired) electrons. The minimum absolute atomic E-state index is 0.0338. The summed E-state index contributed by atoms with van der Waals surface area (Å²) in [6.45, 7) is 4.95. The summed E-state index contributed by atoms with van der Waals surface area (Å²) in [5.74, 6) is -1.96. The second-order valence-corrected chi connectivity index (χ2v) is 6.55. The molecule has 0 saturated heterocycles. The van der Waals surface area contributed by atoms with E-state index in [4.69, 9.17) is 22.1 Å². The van der Waals surface area contributed by atoms with Crippen LogP contribution in [-0.2, 0) is 4.74 Å². The largest absolute Gasteiger partial charge is 0.459 e. The van der Waals surface area contributed by atoms with Gasteiger partial charge in [0.1, 0.15) is 10.7 Å². The monoisotopic (exact) mass is 370 g/mol. The molecule has 0 saturated carbocycles. The third kappa shape index (κ3) is 3.57. The predicted octanol–water partition coefficient (Wildman–Crippen LogP) is 2.35. The lowest BCUT2D eigenvalue weighted by molar-refractivity contribution is 0.0379. The van der Waals surface area contributed by atoms with Crippen LogP contribution in [0.1, 0.15) is 49.9 Å². The lowest BCUT2D eigenvalue weighted by Crippen LogP contribution is -2.17. The lowest BCUT2D eigenvalue weighted by Gasteiger charge is -2.10. The molecule has 0 fully saturated rings. The Bertz CT molecular complexity index is 812. The first-order valence-electron chi connectivity index (χ1n) is 6.86. The maximum Gasteiger partial charge on any atom is 0.341 e. The van der Waals surface area contributed by atoms with E-state index < -0.39 is 17.8 Å². The zero-order valence-corrected chi connectivity index (χ0v) is 14.7. The Balaban J connectivity index is 2.42. The number of amides is 2. The van der Waals surface area contributed by atoms with Gasteiger partial charge < -0.3 is 15.8 Å². The number of nitrogens with two attached hydrogens (primary N) is 1. The topological polar surface area (TPSA) is 127 Å². The van der Waals surface area contributed by atoms with Gasteiger partial charge >= 0.3 is 5.97 Å². The van der Waals surface area contributed by atoms with E-state index in [1.165, 1.54) is 6.20 Å². The van der Waals surface area contributed by atoms with Crippen LogP contribution in [0.4, 0.5) is 5.00 Å². The first-order valence-corrected chi connectivity index (χ1v) is 8.06. The Hall–Kier alpha value is -2.39. The number of nitrogens with zero attached hydrogens (tertiary/aromatic N) is 1. The number of hydrogen-bond donors (Lipinski definition) is 3. The first kappa shape index (κ1) is 18.0. The van der Waals surface area contributed by atoms with Crippen molar-refractivity contribution in [3.8, 4) is 0 Å². The van der Waals surface area contributed by atoms with Crippen molar-refractivity contribution in [3.63, 3.8) is 0 Å². The van der Waals surface area contributed by atoms with E-state index in [0.717, 1.165) is 11.3 Å². The van der Waals surface area contributed by atoms with E-state index in [9.17, 15) is 14.4 Å². The standard InChI is InChI=1S/C14H15ClN4O4S/c1-5(2)23-14(22)8-6(3)10(11(16)20)24-13(8)18-12(21)9-7(15)4-17-19-9/h4-5H,1-3H3,(H2,16,20)(H,17,19)(H,18,21). The molecule has 0 aromatic carbocycles. The minimum atomic E-state index is -0.698. The van der Waals surface area contributed by atoms with Gasteiger partial charge in [-0.25, -0.2) is 4.79 Å². The molecule has 128 valence electrons. The smallest absolute Gasteiger partial charge is 0.341 e. The maximum atomic E-state index is 12.3. The number of carbonyl (C=O) groups is 3. The van der Waals surface area contributed by atoms with Crippen molar-refractivity contribution in [1.82, 2.24) is 10.2 Å². The normalized spacial score (nSPS) is 10.7. The number of hydrogen-bond acceptors (Lipinski definition) is 6. The van der Waals surface area contributed by atoms with E-state index in [1.807, 2.05) is 0 Å². The van der Waals surface area contributed by atoms with Gasteiger partial charge in [-0.15, -0.1) is 11.3 Å². The highest BCUT2D eigenvalue weighted by Crippen LogP contribution is 2.34. The van der Waals surface area contributed by atoms with Gasteiger partial charge in [-0.2, -0.15) is 5.10 Å².